The minimum absolute atomic E-state index is 0.0613. The van der Waals surface area contributed by atoms with Gasteiger partial charge in [-0.2, -0.15) is 0 Å². The minimum atomic E-state index is -0.147. The van der Waals surface area contributed by atoms with Gasteiger partial charge in [0, 0.05) is 12.0 Å². The number of carbonyl (C=O) groups is 1. The lowest BCUT2D eigenvalue weighted by atomic mass is 10.2. The zero-order valence-electron chi connectivity index (χ0n) is 10.0. The zero-order chi connectivity index (χ0) is 13.2. The maximum absolute atomic E-state index is 11.3. The third-order valence-corrected chi connectivity index (χ3v) is 3.72. The lowest BCUT2D eigenvalue weighted by Gasteiger charge is -2.17. The maximum Gasteiger partial charge on any atom is 0.262 e. The molecule has 0 saturated heterocycles. The predicted molar refractivity (Wildman–Crippen MR) is 72.2 cm³/mol. The molecule has 98 valence electrons. The second kappa shape index (κ2) is 4.94. The molecule has 1 aromatic heterocycles. The average molecular weight is 276 g/mol. The van der Waals surface area contributed by atoms with Crippen LogP contribution < -0.4 is 15.8 Å². The Morgan fingerprint density at radius 3 is 3.16 bits per heavy atom. The molecule has 0 aliphatic carbocycles. The molecule has 1 aliphatic heterocycles. The number of benzene rings is 1. The molecule has 1 aliphatic rings. The molecule has 0 atom stereocenters. The van der Waals surface area contributed by atoms with Crippen LogP contribution in [0.15, 0.2) is 18.2 Å². The van der Waals surface area contributed by atoms with E-state index in [0.29, 0.717) is 18.0 Å². The number of amides is 1. The summed E-state index contributed by atoms with van der Waals surface area (Å²) in [5.41, 5.74) is 7.07. The molecule has 3 N–H and O–H groups in total. The monoisotopic (exact) mass is 276 g/mol. The van der Waals surface area contributed by atoms with Crippen LogP contribution in [0.4, 0.5) is 5.69 Å². The van der Waals surface area contributed by atoms with E-state index in [1.54, 1.807) is 0 Å². The van der Waals surface area contributed by atoms with Crippen LogP contribution >= 0.6 is 11.3 Å². The standard InChI is InChI=1S/C12H12N4O2S/c13-4-3-11-15-16-12(19-11)7-1-2-9-8(5-7)14-10(17)6-18-9/h1-2,5H,3-4,6,13H2,(H,14,17). The number of hydrogen-bond donors (Lipinski definition) is 2. The smallest absolute Gasteiger partial charge is 0.262 e. The number of aromatic nitrogens is 2. The molecule has 3 rings (SSSR count). The van der Waals surface area contributed by atoms with Gasteiger partial charge < -0.3 is 15.8 Å². The first kappa shape index (κ1) is 12.1. The summed E-state index contributed by atoms with van der Waals surface area (Å²) in [5, 5.41) is 12.7. The summed E-state index contributed by atoms with van der Waals surface area (Å²) in [7, 11) is 0. The Morgan fingerprint density at radius 2 is 2.32 bits per heavy atom. The van der Waals surface area contributed by atoms with E-state index in [4.69, 9.17) is 10.5 Å². The molecule has 0 radical (unpaired) electrons. The van der Waals surface area contributed by atoms with Crippen LogP contribution in [-0.2, 0) is 11.2 Å². The van der Waals surface area contributed by atoms with Crippen LogP contribution in [-0.4, -0.2) is 29.3 Å². The summed E-state index contributed by atoms with van der Waals surface area (Å²) in [6.45, 7) is 0.620. The Kier molecular flexibility index (Phi) is 3.14. The van der Waals surface area contributed by atoms with Gasteiger partial charge in [-0.25, -0.2) is 0 Å². The van der Waals surface area contributed by atoms with E-state index >= 15 is 0 Å². The molecule has 0 fully saturated rings. The lowest BCUT2D eigenvalue weighted by Crippen LogP contribution is -2.25. The first-order valence-electron chi connectivity index (χ1n) is 5.86. The van der Waals surface area contributed by atoms with Crippen molar-refractivity contribution < 1.29 is 9.53 Å². The number of nitrogens with one attached hydrogen (secondary N) is 1. The van der Waals surface area contributed by atoms with Gasteiger partial charge in [0.2, 0.25) is 0 Å². The highest BCUT2D eigenvalue weighted by Gasteiger charge is 2.17. The van der Waals surface area contributed by atoms with Crippen LogP contribution in [0.1, 0.15) is 5.01 Å². The van der Waals surface area contributed by atoms with Gasteiger partial charge in [0.25, 0.3) is 5.91 Å². The lowest BCUT2D eigenvalue weighted by molar-refractivity contribution is -0.118. The Labute approximate surface area is 113 Å². The third-order valence-electron chi connectivity index (χ3n) is 2.68. The Bertz CT molecular complexity index is 626. The van der Waals surface area contributed by atoms with Crippen molar-refractivity contribution in [1.82, 2.24) is 10.2 Å². The highest BCUT2D eigenvalue weighted by molar-refractivity contribution is 7.14. The van der Waals surface area contributed by atoms with Crippen molar-refractivity contribution in [2.45, 2.75) is 6.42 Å². The molecule has 1 aromatic carbocycles. The SMILES string of the molecule is NCCc1nnc(-c2ccc3c(c2)NC(=O)CO3)s1. The summed E-state index contributed by atoms with van der Waals surface area (Å²) in [6, 6.07) is 5.58. The van der Waals surface area contributed by atoms with E-state index in [9.17, 15) is 4.79 Å². The maximum atomic E-state index is 11.3. The number of rotatable bonds is 3. The summed E-state index contributed by atoms with van der Waals surface area (Å²) in [4.78, 5) is 11.3. The Hall–Kier alpha value is -1.99. The zero-order valence-corrected chi connectivity index (χ0v) is 10.9. The largest absolute Gasteiger partial charge is 0.482 e. The van der Waals surface area contributed by atoms with Gasteiger partial charge in [0.05, 0.1) is 5.69 Å². The van der Waals surface area contributed by atoms with Crippen molar-refractivity contribution in [2.75, 3.05) is 18.5 Å². The second-order valence-electron chi connectivity index (χ2n) is 4.09. The van der Waals surface area contributed by atoms with Gasteiger partial charge in [-0.15, -0.1) is 10.2 Å². The van der Waals surface area contributed by atoms with Crippen LogP contribution in [0.2, 0.25) is 0 Å². The number of fused-ring (bicyclic) bond motifs is 1. The molecule has 1 amide bonds. The molecule has 2 heterocycles. The van der Waals surface area contributed by atoms with Crippen LogP contribution in [0.25, 0.3) is 10.6 Å². The third kappa shape index (κ3) is 2.42. The van der Waals surface area contributed by atoms with E-state index in [0.717, 1.165) is 22.0 Å². The van der Waals surface area contributed by atoms with Crippen LogP contribution in [0.3, 0.4) is 0 Å². The molecular weight excluding hydrogens is 264 g/mol. The Balaban J connectivity index is 1.92. The molecule has 0 spiro atoms. The number of hydrogen-bond acceptors (Lipinski definition) is 6. The van der Waals surface area contributed by atoms with Crippen molar-refractivity contribution >= 4 is 22.9 Å². The molecule has 19 heavy (non-hydrogen) atoms. The number of nitrogens with two attached hydrogens (primary N) is 1. The van der Waals surface area contributed by atoms with Gasteiger partial charge in [0.1, 0.15) is 15.8 Å². The first-order chi connectivity index (χ1) is 9.26. The fourth-order valence-electron chi connectivity index (χ4n) is 1.81. The fraction of sp³-hybridized carbons (Fsp3) is 0.250. The van der Waals surface area contributed by atoms with Crippen molar-refractivity contribution in [3.63, 3.8) is 0 Å². The van der Waals surface area contributed by atoms with Gasteiger partial charge in [-0.1, -0.05) is 11.3 Å². The van der Waals surface area contributed by atoms with Gasteiger partial charge >= 0.3 is 0 Å². The van der Waals surface area contributed by atoms with Crippen molar-refractivity contribution in [2.24, 2.45) is 5.73 Å². The second-order valence-corrected chi connectivity index (χ2v) is 5.15. The molecule has 0 bridgehead atoms. The molecule has 0 saturated carbocycles. The molecule has 0 unspecified atom stereocenters. The van der Waals surface area contributed by atoms with Gasteiger partial charge in [-0.3, -0.25) is 4.79 Å². The minimum Gasteiger partial charge on any atom is -0.482 e. The van der Waals surface area contributed by atoms with Crippen molar-refractivity contribution in [1.29, 1.82) is 0 Å². The van der Waals surface area contributed by atoms with Crippen molar-refractivity contribution in [3.05, 3.63) is 23.2 Å². The van der Waals surface area contributed by atoms with Crippen LogP contribution in [0.5, 0.6) is 5.75 Å². The number of anilines is 1. The number of carbonyl (C=O) groups excluding carboxylic acids is 1. The summed E-state index contributed by atoms with van der Waals surface area (Å²) >= 11 is 1.51. The summed E-state index contributed by atoms with van der Waals surface area (Å²) in [5.74, 6) is 0.529. The number of ether oxygens (including phenoxy) is 1. The Morgan fingerprint density at radius 1 is 1.42 bits per heavy atom. The summed E-state index contributed by atoms with van der Waals surface area (Å²) < 4.78 is 5.31. The molecular formula is C12H12N4O2S. The highest BCUT2D eigenvalue weighted by atomic mass is 32.1. The van der Waals surface area contributed by atoms with E-state index in [1.165, 1.54) is 11.3 Å². The topological polar surface area (TPSA) is 90.1 Å². The normalized spacial score (nSPS) is 13.6. The van der Waals surface area contributed by atoms with E-state index in [-0.39, 0.29) is 12.5 Å². The number of nitrogens with zero attached hydrogens (tertiary/aromatic N) is 2. The highest BCUT2D eigenvalue weighted by Crippen LogP contribution is 2.33. The van der Waals surface area contributed by atoms with Gasteiger partial charge in [0.15, 0.2) is 6.61 Å². The quantitative estimate of drug-likeness (QED) is 0.874. The average Bonchev–Trinajstić information content (AvgIpc) is 2.87. The molecule has 6 nitrogen and oxygen atoms in total. The van der Waals surface area contributed by atoms with Gasteiger partial charge in [-0.05, 0) is 24.7 Å². The fourth-order valence-corrected chi connectivity index (χ4v) is 2.66. The molecule has 7 heteroatoms. The first-order valence-corrected chi connectivity index (χ1v) is 6.67. The molecule has 2 aromatic rings. The van der Waals surface area contributed by atoms with E-state index < -0.39 is 0 Å². The van der Waals surface area contributed by atoms with E-state index in [1.807, 2.05) is 18.2 Å². The van der Waals surface area contributed by atoms with Crippen LogP contribution in [0, 0.1) is 0 Å². The van der Waals surface area contributed by atoms with E-state index in [2.05, 4.69) is 15.5 Å². The predicted octanol–water partition coefficient (Wildman–Crippen LogP) is 1.04. The van der Waals surface area contributed by atoms with Crippen molar-refractivity contribution in [3.8, 4) is 16.3 Å². The summed E-state index contributed by atoms with van der Waals surface area (Å²) in [6.07, 6.45) is 0.725.